The highest BCUT2D eigenvalue weighted by atomic mass is 79.9. The fourth-order valence-electron chi connectivity index (χ4n) is 2.62. The van der Waals surface area contributed by atoms with Crippen molar-refractivity contribution in [1.82, 2.24) is 0 Å². The van der Waals surface area contributed by atoms with Crippen LogP contribution in [0.3, 0.4) is 0 Å². The molecular formula is C15H20BrClO. The second-order valence-electron chi connectivity index (χ2n) is 5.08. The predicted molar refractivity (Wildman–Crippen MR) is 80.4 cm³/mol. The molecule has 0 aliphatic heterocycles. The van der Waals surface area contributed by atoms with Gasteiger partial charge >= 0.3 is 0 Å². The highest BCUT2D eigenvalue weighted by Crippen LogP contribution is 2.33. The van der Waals surface area contributed by atoms with Gasteiger partial charge in [-0.2, -0.15) is 0 Å². The number of hydrogen-bond acceptors (Lipinski definition) is 1. The maximum Gasteiger partial charge on any atom is 0.133 e. The first kappa shape index (κ1) is 14.2. The number of benzene rings is 1. The molecule has 1 nitrogen and oxygen atoms in total. The lowest BCUT2D eigenvalue weighted by Crippen LogP contribution is -2.25. The normalized spacial score (nSPS) is 23.9. The summed E-state index contributed by atoms with van der Waals surface area (Å²) < 4.78 is 7.14. The van der Waals surface area contributed by atoms with Crippen molar-refractivity contribution in [3.8, 4) is 5.75 Å². The maximum absolute atomic E-state index is 6.13. The molecule has 100 valence electrons. The van der Waals surface area contributed by atoms with E-state index >= 15 is 0 Å². The summed E-state index contributed by atoms with van der Waals surface area (Å²) >= 11 is 9.38. The summed E-state index contributed by atoms with van der Waals surface area (Å²) in [5, 5.41) is 0. The molecule has 0 saturated heterocycles. The Hall–Kier alpha value is -0.210. The van der Waals surface area contributed by atoms with Crippen LogP contribution >= 0.6 is 27.5 Å². The summed E-state index contributed by atoms with van der Waals surface area (Å²) in [7, 11) is 0. The van der Waals surface area contributed by atoms with Crippen LogP contribution in [0.4, 0.5) is 0 Å². The van der Waals surface area contributed by atoms with Crippen molar-refractivity contribution in [3.63, 3.8) is 0 Å². The molecule has 1 fully saturated rings. The molecule has 0 radical (unpaired) electrons. The highest BCUT2D eigenvalue weighted by molar-refractivity contribution is 9.10. The van der Waals surface area contributed by atoms with Gasteiger partial charge in [0.05, 0.1) is 10.6 Å². The standard InChI is InChI=1S/C15H20BrClO/c1-2-11-4-3-5-13(8-11)18-15-7-6-12(10-17)9-14(15)16/h6-7,9,11,13H,2-5,8,10H2,1H3. The zero-order chi connectivity index (χ0) is 13.0. The van der Waals surface area contributed by atoms with Crippen LogP contribution in [0.5, 0.6) is 5.75 Å². The van der Waals surface area contributed by atoms with Crippen LogP contribution in [0.15, 0.2) is 22.7 Å². The van der Waals surface area contributed by atoms with E-state index in [0.29, 0.717) is 12.0 Å². The first-order valence-corrected chi connectivity index (χ1v) is 8.06. The van der Waals surface area contributed by atoms with E-state index in [0.717, 1.165) is 21.7 Å². The van der Waals surface area contributed by atoms with Gasteiger partial charge in [0.15, 0.2) is 0 Å². The van der Waals surface area contributed by atoms with Crippen molar-refractivity contribution in [2.24, 2.45) is 5.92 Å². The van der Waals surface area contributed by atoms with Crippen LogP contribution in [0, 0.1) is 5.92 Å². The Morgan fingerprint density at radius 3 is 2.89 bits per heavy atom. The van der Waals surface area contributed by atoms with Gasteiger partial charge in [0.25, 0.3) is 0 Å². The molecule has 0 amide bonds. The molecular weight excluding hydrogens is 312 g/mol. The molecule has 2 rings (SSSR count). The molecule has 0 heterocycles. The van der Waals surface area contributed by atoms with E-state index in [9.17, 15) is 0 Å². The predicted octanol–water partition coefficient (Wildman–Crippen LogP) is 5.54. The van der Waals surface area contributed by atoms with Crippen molar-refractivity contribution >= 4 is 27.5 Å². The third kappa shape index (κ3) is 3.64. The van der Waals surface area contributed by atoms with E-state index in [4.69, 9.17) is 16.3 Å². The summed E-state index contributed by atoms with van der Waals surface area (Å²) in [5.41, 5.74) is 1.12. The van der Waals surface area contributed by atoms with Gasteiger partial charge in [0.2, 0.25) is 0 Å². The van der Waals surface area contributed by atoms with Gasteiger partial charge in [0, 0.05) is 5.88 Å². The molecule has 1 saturated carbocycles. The number of ether oxygens (including phenoxy) is 1. The average molecular weight is 332 g/mol. The number of alkyl halides is 1. The molecule has 1 aliphatic carbocycles. The van der Waals surface area contributed by atoms with Crippen molar-refractivity contribution in [3.05, 3.63) is 28.2 Å². The van der Waals surface area contributed by atoms with Gasteiger partial charge in [-0.1, -0.05) is 25.8 Å². The quantitative estimate of drug-likeness (QED) is 0.659. The monoisotopic (exact) mass is 330 g/mol. The number of halogens is 2. The summed E-state index contributed by atoms with van der Waals surface area (Å²) in [6, 6.07) is 6.10. The summed E-state index contributed by atoms with van der Waals surface area (Å²) in [5.74, 6) is 2.33. The Morgan fingerprint density at radius 2 is 2.22 bits per heavy atom. The van der Waals surface area contributed by atoms with Crippen molar-refractivity contribution in [2.75, 3.05) is 0 Å². The van der Waals surface area contributed by atoms with Crippen molar-refractivity contribution in [2.45, 2.75) is 51.0 Å². The van der Waals surface area contributed by atoms with E-state index in [1.807, 2.05) is 18.2 Å². The molecule has 0 spiro atoms. The molecule has 18 heavy (non-hydrogen) atoms. The van der Waals surface area contributed by atoms with Crippen LogP contribution in [0.1, 0.15) is 44.6 Å². The van der Waals surface area contributed by atoms with E-state index in [1.165, 1.54) is 32.1 Å². The Balaban J connectivity index is 2.00. The van der Waals surface area contributed by atoms with Gasteiger partial charge in [-0.25, -0.2) is 0 Å². The van der Waals surface area contributed by atoms with Crippen LogP contribution in [0.25, 0.3) is 0 Å². The Labute approximate surface area is 123 Å². The van der Waals surface area contributed by atoms with Gasteiger partial charge in [-0.15, -0.1) is 11.6 Å². The summed E-state index contributed by atoms with van der Waals surface area (Å²) in [6.07, 6.45) is 6.68. The minimum atomic E-state index is 0.377. The lowest BCUT2D eigenvalue weighted by Gasteiger charge is -2.29. The Bertz CT molecular complexity index is 394. The molecule has 1 aromatic carbocycles. The number of hydrogen-bond donors (Lipinski definition) is 0. The molecule has 2 atom stereocenters. The molecule has 2 unspecified atom stereocenters. The highest BCUT2D eigenvalue weighted by Gasteiger charge is 2.22. The van der Waals surface area contributed by atoms with Crippen molar-refractivity contribution < 1.29 is 4.74 Å². The van der Waals surface area contributed by atoms with Crippen LogP contribution in [0.2, 0.25) is 0 Å². The maximum atomic E-state index is 6.13. The minimum Gasteiger partial charge on any atom is -0.489 e. The van der Waals surface area contributed by atoms with E-state index in [2.05, 4.69) is 22.9 Å². The first-order valence-electron chi connectivity index (χ1n) is 6.74. The van der Waals surface area contributed by atoms with Crippen LogP contribution in [-0.4, -0.2) is 6.10 Å². The van der Waals surface area contributed by atoms with Gasteiger partial charge < -0.3 is 4.74 Å². The van der Waals surface area contributed by atoms with Gasteiger partial charge in [-0.3, -0.25) is 0 Å². The first-order chi connectivity index (χ1) is 8.72. The zero-order valence-electron chi connectivity index (χ0n) is 10.8. The number of rotatable bonds is 4. The molecule has 0 aromatic heterocycles. The summed E-state index contributed by atoms with van der Waals surface area (Å²) in [4.78, 5) is 0. The largest absolute Gasteiger partial charge is 0.489 e. The second kappa shape index (κ2) is 6.81. The second-order valence-corrected chi connectivity index (χ2v) is 6.20. The van der Waals surface area contributed by atoms with Crippen LogP contribution < -0.4 is 4.74 Å². The van der Waals surface area contributed by atoms with E-state index in [1.54, 1.807) is 0 Å². The Kier molecular flexibility index (Phi) is 5.38. The minimum absolute atomic E-state index is 0.377. The zero-order valence-corrected chi connectivity index (χ0v) is 13.1. The molecule has 0 N–H and O–H groups in total. The van der Waals surface area contributed by atoms with Gasteiger partial charge in [0.1, 0.15) is 5.75 Å². The average Bonchev–Trinajstić information content (AvgIpc) is 2.41. The van der Waals surface area contributed by atoms with Gasteiger partial charge in [-0.05, 0) is 58.8 Å². The smallest absolute Gasteiger partial charge is 0.133 e. The third-order valence-corrected chi connectivity index (χ3v) is 4.68. The molecule has 0 bridgehead atoms. The van der Waals surface area contributed by atoms with Crippen molar-refractivity contribution in [1.29, 1.82) is 0 Å². The topological polar surface area (TPSA) is 9.23 Å². The lowest BCUT2D eigenvalue weighted by atomic mass is 9.85. The summed E-state index contributed by atoms with van der Waals surface area (Å²) in [6.45, 7) is 2.28. The fraction of sp³-hybridized carbons (Fsp3) is 0.600. The third-order valence-electron chi connectivity index (χ3n) is 3.76. The van der Waals surface area contributed by atoms with E-state index < -0.39 is 0 Å². The lowest BCUT2D eigenvalue weighted by molar-refractivity contribution is 0.121. The SMILES string of the molecule is CCC1CCCC(Oc2ccc(CCl)cc2Br)C1. The molecule has 1 aliphatic rings. The fourth-order valence-corrected chi connectivity index (χ4v) is 3.31. The molecule has 3 heteroatoms. The van der Waals surface area contributed by atoms with Crippen LogP contribution in [-0.2, 0) is 5.88 Å². The molecule has 1 aromatic rings. The van der Waals surface area contributed by atoms with E-state index in [-0.39, 0.29) is 0 Å². The Morgan fingerprint density at radius 1 is 1.39 bits per heavy atom.